The second kappa shape index (κ2) is 5.89. The Hall–Kier alpha value is -2.26. The van der Waals surface area contributed by atoms with Gasteiger partial charge in [0.1, 0.15) is 5.75 Å². The molecule has 0 heterocycles. The van der Waals surface area contributed by atoms with Crippen LogP contribution in [0.25, 0.3) is 11.8 Å². The SMILES string of the molecule is CONC(=Cc1ccccc1)c1ccc(O)cc1. The Bertz CT molecular complexity index is 518. The molecule has 0 unspecified atom stereocenters. The van der Waals surface area contributed by atoms with Gasteiger partial charge in [-0.25, -0.2) is 0 Å². The minimum Gasteiger partial charge on any atom is -0.508 e. The van der Waals surface area contributed by atoms with E-state index in [2.05, 4.69) is 5.48 Å². The van der Waals surface area contributed by atoms with Crippen molar-refractivity contribution >= 4 is 11.8 Å². The van der Waals surface area contributed by atoms with E-state index in [0.717, 1.165) is 16.8 Å². The van der Waals surface area contributed by atoms with Crippen molar-refractivity contribution in [2.75, 3.05) is 7.11 Å². The third kappa shape index (κ3) is 3.12. The number of phenols is 1. The summed E-state index contributed by atoms with van der Waals surface area (Å²) in [7, 11) is 1.57. The molecule has 3 heteroatoms. The second-order valence-electron chi connectivity index (χ2n) is 3.82. The molecule has 0 radical (unpaired) electrons. The zero-order valence-electron chi connectivity index (χ0n) is 10.1. The number of benzene rings is 2. The molecule has 0 bridgehead atoms. The fourth-order valence-corrected chi connectivity index (χ4v) is 1.64. The van der Waals surface area contributed by atoms with Crippen LogP contribution >= 0.6 is 0 Å². The summed E-state index contributed by atoms with van der Waals surface area (Å²) >= 11 is 0. The minimum atomic E-state index is 0.246. The van der Waals surface area contributed by atoms with Gasteiger partial charge in [0.05, 0.1) is 12.8 Å². The van der Waals surface area contributed by atoms with Gasteiger partial charge < -0.3 is 5.11 Å². The summed E-state index contributed by atoms with van der Waals surface area (Å²) in [6, 6.07) is 16.9. The van der Waals surface area contributed by atoms with Crippen molar-refractivity contribution in [1.29, 1.82) is 0 Å². The Balaban J connectivity index is 2.33. The van der Waals surface area contributed by atoms with Crippen molar-refractivity contribution in [2.24, 2.45) is 0 Å². The van der Waals surface area contributed by atoms with Crippen LogP contribution in [0.1, 0.15) is 11.1 Å². The predicted octanol–water partition coefficient (Wildman–Crippen LogP) is 3.04. The van der Waals surface area contributed by atoms with Crippen molar-refractivity contribution in [3.05, 3.63) is 65.7 Å². The fourth-order valence-electron chi connectivity index (χ4n) is 1.64. The van der Waals surface area contributed by atoms with Gasteiger partial charge in [-0.3, -0.25) is 10.3 Å². The Morgan fingerprint density at radius 3 is 2.33 bits per heavy atom. The molecule has 0 aliphatic carbocycles. The van der Waals surface area contributed by atoms with Crippen LogP contribution in [0.4, 0.5) is 0 Å². The van der Waals surface area contributed by atoms with Gasteiger partial charge >= 0.3 is 0 Å². The molecule has 2 rings (SSSR count). The van der Waals surface area contributed by atoms with Crippen LogP contribution in [0, 0.1) is 0 Å². The first kappa shape index (κ1) is 12.2. The van der Waals surface area contributed by atoms with Crippen molar-refractivity contribution in [2.45, 2.75) is 0 Å². The first-order valence-electron chi connectivity index (χ1n) is 5.65. The Labute approximate surface area is 106 Å². The minimum absolute atomic E-state index is 0.246. The highest BCUT2D eigenvalue weighted by atomic mass is 16.6. The molecule has 0 fully saturated rings. The summed E-state index contributed by atoms with van der Waals surface area (Å²) in [4.78, 5) is 4.98. The van der Waals surface area contributed by atoms with Crippen molar-refractivity contribution in [3.63, 3.8) is 0 Å². The molecule has 2 N–H and O–H groups in total. The highest BCUT2D eigenvalue weighted by molar-refractivity contribution is 5.79. The average molecular weight is 241 g/mol. The van der Waals surface area contributed by atoms with Crippen LogP contribution in [0.2, 0.25) is 0 Å². The third-order valence-electron chi connectivity index (χ3n) is 2.50. The van der Waals surface area contributed by atoms with Crippen LogP contribution < -0.4 is 5.48 Å². The number of hydrogen-bond donors (Lipinski definition) is 2. The topological polar surface area (TPSA) is 41.5 Å². The van der Waals surface area contributed by atoms with Crippen LogP contribution in [-0.2, 0) is 4.84 Å². The molecule has 0 spiro atoms. The lowest BCUT2D eigenvalue weighted by atomic mass is 10.1. The summed E-state index contributed by atoms with van der Waals surface area (Å²) in [5, 5.41) is 9.29. The van der Waals surface area contributed by atoms with Gasteiger partial charge in [0.2, 0.25) is 0 Å². The molecular weight excluding hydrogens is 226 g/mol. The van der Waals surface area contributed by atoms with Gasteiger partial charge in [-0.15, -0.1) is 0 Å². The lowest BCUT2D eigenvalue weighted by molar-refractivity contribution is 0.137. The maximum Gasteiger partial charge on any atom is 0.115 e. The van der Waals surface area contributed by atoms with E-state index < -0.39 is 0 Å². The standard InChI is InChI=1S/C15H15NO2/c1-18-16-15(11-12-5-3-2-4-6-12)13-7-9-14(17)10-8-13/h2-11,16-17H,1H3. The molecular formula is C15H15NO2. The molecule has 2 aromatic carbocycles. The molecule has 0 aliphatic heterocycles. The number of phenolic OH excluding ortho intramolecular Hbond substituents is 1. The van der Waals surface area contributed by atoms with Crippen LogP contribution in [0.5, 0.6) is 5.75 Å². The quantitative estimate of drug-likeness (QED) is 0.638. The van der Waals surface area contributed by atoms with E-state index in [0.29, 0.717) is 0 Å². The van der Waals surface area contributed by atoms with Crippen LogP contribution in [0.15, 0.2) is 54.6 Å². The van der Waals surface area contributed by atoms with E-state index >= 15 is 0 Å². The zero-order valence-corrected chi connectivity index (χ0v) is 10.1. The van der Waals surface area contributed by atoms with E-state index in [-0.39, 0.29) is 5.75 Å². The smallest absolute Gasteiger partial charge is 0.115 e. The van der Waals surface area contributed by atoms with Crippen molar-refractivity contribution in [3.8, 4) is 5.75 Å². The second-order valence-corrected chi connectivity index (χ2v) is 3.82. The maximum absolute atomic E-state index is 9.29. The van der Waals surface area contributed by atoms with Gasteiger partial charge in [-0.05, 0) is 35.9 Å². The number of nitrogens with one attached hydrogen (secondary N) is 1. The molecule has 0 saturated carbocycles. The van der Waals surface area contributed by atoms with E-state index in [9.17, 15) is 5.11 Å². The lowest BCUT2D eigenvalue weighted by Gasteiger charge is -2.09. The largest absolute Gasteiger partial charge is 0.508 e. The van der Waals surface area contributed by atoms with E-state index in [4.69, 9.17) is 4.84 Å². The number of rotatable bonds is 4. The lowest BCUT2D eigenvalue weighted by Crippen LogP contribution is -2.09. The molecule has 3 nitrogen and oxygen atoms in total. The third-order valence-corrected chi connectivity index (χ3v) is 2.50. The summed E-state index contributed by atoms with van der Waals surface area (Å²) in [5.41, 5.74) is 5.70. The monoisotopic (exact) mass is 241 g/mol. The normalized spacial score (nSPS) is 11.3. The van der Waals surface area contributed by atoms with Gasteiger partial charge in [-0.1, -0.05) is 30.3 Å². The first-order valence-corrected chi connectivity index (χ1v) is 5.65. The summed E-state index contributed by atoms with van der Waals surface area (Å²) in [5.74, 6) is 0.246. The summed E-state index contributed by atoms with van der Waals surface area (Å²) < 4.78 is 0. The zero-order chi connectivity index (χ0) is 12.8. The predicted molar refractivity (Wildman–Crippen MR) is 72.6 cm³/mol. The summed E-state index contributed by atoms with van der Waals surface area (Å²) in [6.07, 6.45) is 1.98. The van der Waals surface area contributed by atoms with Gasteiger partial charge in [0.15, 0.2) is 0 Å². The molecule has 2 aromatic rings. The first-order chi connectivity index (χ1) is 8.79. The molecule has 0 saturated heterocycles. The molecule has 0 amide bonds. The Morgan fingerprint density at radius 2 is 1.72 bits per heavy atom. The average Bonchev–Trinajstić information content (AvgIpc) is 2.40. The highest BCUT2D eigenvalue weighted by Gasteiger charge is 2.01. The number of aromatic hydroxyl groups is 1. The summed E-state index contributed by atoms with van der Waals surface area (Å²) in [6.45, 7) is 0. The van der Waals surface area contributed by atoms with E-state index in [1.165, 1.54) is 0 Å². The number of hydroxylamine groups is 1. The molecule has 0 aromatic heterocycles. The number of hydrogen-bond acceptors (Lipinski definition) is 3. The van der Waals surface area contributed by atoms with Crippen molar-refractivity contribution < 1.29 is 9.94 Å². The molecule has 92 valence electrons. The Kier molecular flexibility index (Phi) is 3.99. The Morgan fingerprint density at radius 1 is 1.06 bits per heavy atom. The van der Waals surface area contributed by atoms with E-state index in [1.807, 2.05) is 48.5 Å². The molecule has 0 atom stereocenters. The maximum atomic E-state index is 9.29. The van der Waals surface area contributed by atoms with E-state index in [1.54, 1.807) is 19.2 Å². The van der Waals surface area contributed by atoms with Gasteiger partial charge in [0.25, 0.3) is 0 Å². The van der Waals surface area contributed by atoms with Gasteiger partial charge in [-0.2, -0.15) is 0 Å². The van der Waals surface area contributed by atoms with Crippen LogP contribution in [-0.4, -0.2) is 12.2 Å². The molecule has 18 heavy (non-hydrogen) atoms. The molecule has 0 aliphatic rings. The van der Waals surface area contributed by atoms with Crippen molar-refractivity contribution in [1.82, 2.24) is 5.48 Å². The van der Waals surface area contributed by atoms with Gasteiger partial charge in [0, 0.05) is 5.56 Å². The fraction of sp³-hybridized carbons (Fsp3) is 0.0667. The van der Waals surface area contributed by atoms with Crippen LogP contribution in [0.3, 0.4) is 0 Å². The highest BCUT2D eigenvalue weighted by Crippen LogP contribution is 2.18.